The molecule has 0 aliphatic heterocycles. The van der Waals surface area contributed by atoms with Crippen LogP contribution >= 0.6 is 0 Å². The van der Waals surface area contributed by atoms with Crippen LogP contribution in [-0.2, 0) is 20.9 Å². The van der Waals surface area contributed by atoms with E-state index < -0.39 is 23.4 Å². The standard InChI is InChI=1S/C19H24N4O5/c1-5-16(15-8-6-12(2)7-9-15)20-17(24)11-28-18(25)10-22-14(4)19(23(26)27)13(3)21-22/h6-9,16H,5,10-11H2,1-4H3,(H,20,24)/t16-/m0/s1. The number of carbonyl (C=O) groups excluding carboxylic acids is 2. The molecule has 0 aliphatic carbocycles. The predicted octanol–water partition coefficient (Wildman–Crippen LogP) is 2.53. The van der Waals surface area contributed by atoms with Gasteiger partial charge in [-0.3, -0.25) is 24.4 Å². The number of esters is 1. The molecule has 1 amide bonds. The SMILES string of the molecule is CC[C@H](NC(=O)COC(=O)Cn1nc(C)c([N+](=O)[O-])c1C)c1ccc(C)cc1. The number of nitrogens with one attached hydrogen (secondary N) is 1. The highest BCUT2D eigenvalue weighted by Gasteiger charge is 2.23. The van der Waals surface area contributed by atoms with Crippen molar-refractivity contribution in [3.63, 3.8) is 0 Å². The summed E-state index contributed by atoms with van der Waals surface area (Å²) in [5.41, 5.74) is 2.45. The number of rotatable bonds is 8. The summed E-state index contributed by atoms with van der Waals surface area (Å²) in [4.78, 5) is 34.6. The molecule has 9 nitrogen and oxygen atoms in total. The van der Waals surface area contributed by atoms with Crippen molar-refractivity contribution in [3.05, 3.63) is 56.9 Å². The van der Waals surface area contributed by atoms with Crippen LogP contribution in [0.25, 0.3) is 0 Å². The number of nitro groups is 1. The second-order valence-electron chi connectivity index (χ2n) is 6.53. The third-order valence-corrected chi connectivity index (χ3v) is 4.39. The van der Waals surface area contributed by atoms with E-state index in [4.69, 9.17) is 4.74 Å². The van der Waals surface area contributed by atoms with Crippen LogP contribution in [0.2, 0.25) is 0 Å². The quantitative estimate of drug-likeness (QED) is 0.422. The average molecular weight is 388 g/mol. The fourth-order valence-corrected chi connectivity index (χ4v) is 2.88. The van der Waals surface area contributed by atoms with Gasteiger partial charge in [0.2, 0.25) is 0 Å². The molecule has 0 saturated carbocycles. The first kappa shape index (κ1) is 21.1. The molecule has 9 heteroatoms. The van der Waals surface area contributed by atoms with E-state index in [0.717, 1.165) is 11.1 Å². The number of amides is 1. The van der Waals surface area contributed by atoms with Crippen molar-refractivity contribution in [2.75, 3.05) is 6.61 Å². The Morgan fingerprint density at radius 2 is 1.89 bits per heavy atom. The van der Waals surface area contributed by atoms with Crippen LogP contribution < -0.4 is 5.32 Å². The molecule has 2 rings (SSSR count). The Labute approximate surface area is 162 Å². The van der Waals surface area contributed by atoms with Gasteiger partial charge in [-0.1, -0.05) is 36.8 Å². The minimum atomic E-state index is -0.695. The topological polar surface area (TPSA) is 116 Å². The number of aryl methyl sites for hydroxylation is 2. The Morgan fingerprint density at radius 1 is 1.25 bits per heavy atom. The molecule has 0 bridgehead atoms. The Bertz CT molecular complexity index is 873. The zero-order chi connectivity index (χ0) is 20.8. The largest absolute Gasteiger partial charge is 0.454 e. The van der Waals surface area contributed by atoms with E-state index in [9.17, 15) is 19.7 Å². The zero-order valence-corrected chi connectivity index (χ0v) is 16.4. The van der Waals surface area contributed by atoms with Crippen LogP contribution in [-0.4, -0.2) is 33.2 Å². The number of hydrogen-bond donors (Lipinski definition) is 1. The van der Waals surface area contributed by atoms with Gasteiger partial charge >= 0.3 is 11.7 Å². The van der Waals surface area contributed by atoms with Gasteiger partial charge in [0.05, 0.1) is 11.0 Å². The molecular formula is C19H24N4O5. The Morgan fingerprint density at radius 3 is 2.43 bits per heavy atom. The monoisotopic (exact) mass is 388 g/mol. The van der Waals surface area contributed by atoms with E-state index in [1.54, 1.807) is 0 Å². The Balaban J connectivity index is 1.90. The van der Waals surface area contributed by atoms with E-state index in [-0.39, 0.29) is 29.7 Å². The first-order valence-corrected chi connectivity index (χ1v) is 8.92. The molecule has 1 N–H and O–H groups in total. The van der Waals surface area contributed by atoms with E-state index in [1.807, 2.05) is 38.1 Å². The highest BCUT2D eigenvalue weighted by atomic mass is 16.6. The predicted molar refractivity (Wildman–Crippen MR) is 102 cm³/mol. The summed E-state index contributed by atoms with van der Waals surface area (Å²) in [7, 11) is 0. The zero-order valence-electron chi connectivity index (χ0n) is 16.4. The lowest BCUT2D eigenvalue weighted by Crippen LogP contribution is -2.32. The van der Waals surface area contributed by atoms with E-state index in [2.05, 4.69) is 10.4 Å². The number of carbonyl (C=O) groups is 2. The highest BCUT2D eigenvalue weighted by Crippen LogP contribution is 2.21. The van der Waals surface area contributed by atoms with Crippen LogP contribution in [0.5, 0.6) is 0 Å². The second-order valence-corrected chi connectivity index (χ2v) is 6.53. The first-order chi connectivity index (χ1) is 13.2. The molecule has 150 valence electrons. The molecule has 0 aliphatic rings. The van der Waals surface area contributed by atoms with Gasteiger partial charge in [-0.05, 0) is 32.8 Å². The van der Waals surface area contributed by atoms with Gasteiger partial charge in [-0.25, -0.2) is 0 Å². The fourth-order valence-electron chi connectivity index (χ4n) is 2.88. The van der Waals surface area contributed by atoms with Gasteiger partial charge < -0.3 is 10.1 Å². The lowest BCUT2D eigenvalue weighted by atomic mass is 10.0. The highest BCUT2D eigenvalue weighted by molar-refractivity contribution is 5.80. The van der Waals surface area contributed by atoms with Crippen molar-refractivity contribution < 1.29 is 19.2 Å². The normalized spacial score (nSPS) is 11.7. The van der Waals surface area contributed by atoms with Gasteiger partial charge in [0.1, 0.15) is 17.9 Å². The minimum absolute atomic E-state index is 0.130. The smallest absolute Gasteiger partial charge is 0.328 e. The van der Waals surface area contributed by atoms with E-state index >= 15 is 0 Å². The first-order valence-electron chi connectivity index (χ1n) is 8.92. The number of benzene rings is 1. The fraction of sp³-hybridized carbons (Fsp3) is 0.421. The summed E-state index contributed by atoms with van der Waals surface area (Å²) in [6.07, 6.45) is 0.693. The van der Waals surface area contributed by atoms with Crippen molar-refractivity contribution in [2.45, 2.75) is 46.7 Å². The molecule has 1 atom stereocenters. The lowest BCUT2D eigenvalue weighted by molar-refractivity contribution is -0.386. The van der Waals surface area contributed by atoms with Crippen molar-refractivity contribution >= 4 is 17.6 Å². The summed E-state index contributed by atoms with van der Waals surface area (Å²) in [5.74, 6) is -1.11. The minimum Gasteiger partial charge on any atom is -0.454 e. The number of aromatic nitrogens is 2. The van der Waals surface area contributed by atoms with Crippen molar-refractivity contribution in [1.29, 1.82) is 0 Å². The van der Waals surface area contributed by atoms with Crippen molar-refractivity contribution in [1.82, 2.24) is 15.1 Å². The van der Waals surface area contributed by atoms with Gasteiger partial charge in [0, 0.05) is 0 Å². The summed E-state index contributed by atoms with van der Waals surface area (Å²) in [6.45, 7) is 6.21. The summed E-state index contributed by atoms with van der Waals surface area (Å²) in [6, 6.07) is 7.66. The number of nitrogens with zero attached hydrogens (tertiary/aromatic N) is 3. The second kappa shape index (κ2) is 9.12. The molecule has 0 fully saturated rings. The van der Waals surface area contributed by atoms with Gasteiger partial charge in [0.25, 0.3) is 5.91 Å². The van der Waals surface area contributed by atoms with Crippen molar-refractivity contribution in [3.8, 4) is 0 Å². The lowest BCUT2D eigenvalue weighted by Gasteiger charge is -2.17. The average Bonchev–Trinajstić information content (AvgIpc) is 2.92. The number of ether oxygens (including phenoxy) is 1. The summed E-state index contributed by atoms with van der Waals surface area (Å²) in [5, 5.41) is 17.8. The third kappa shape index (κ3) is 5.15. The molecule has 0 radical (unpaired) electrons. The van der Waals surface area contributed by atoms with Crippen LogP contribution in [0, 0.1) is 30.9 Å². The third-order valence-electron chi connectivity index (χ3n) is 4.39. The van der Waals surface area contributed by atoms with E-state index in [1.165, 1.54) is 18.5 Å². The van der Waals surface area contributed by atoms with Gasteiger partial charge in [-0.2, -0.15) is 5.10 Å². The molecular weight excluding hydrogens is 364 g/mol. The van der Waals surface area contributed by atoms with Crippen LogP contribution in [0.1, 0.15) is 41.9 Å². The number of hydrogen-bond acceptors (Lipinski definition) is 6. The molecule has 1 aromatic carbocycles. The van der Waals surface area contributed by atoms with Crippen molar-refractivity contribution in [2.24, 2.45) is 0 Å². The molecule has 1 aromatic heterocycles. The van der Waals surface area contributed by atoms with Crippen LogP contribution in [0.4, 0.5) is 5.69 Å². The van der Waals surface area contributed by atoms with Gasteiger partial charge in [-0.15, -0.1) is 0 Å². The molecule has 28 heavy (non-hydrogen) atoms. The molecule has 0 spiro atoms. The van der Waals surface area contributed by atoms with Crippen LogP contribution in [0.3, 0.4) is 0 Å². The summed E-state index contributed by atoms with van der Waals surface area (Å²) < 4.78 is 6.19. The molecule has 0 saturated heterocycles. The molecule has 2 aromatic rings. The maximum atomic E-state index is 12.1. The summed E-state index contributed by atoms with van der Waals surface area (Å²) >= 11 is 0. The Hall–Kier alpha value is -3.23. The molecule has 0 unspecified atom stereocenters. The maximum Gasteiger partial charge on any atom is 0.328 e. The maximum absolute atomic E-state index is 12.1. The molecule has 1 heterocycles. The van der Waals surface area contributed by atoms with E-state index in [0.29, 0.717) is 6.42 Å². The van der Waals surface area contributed by atoms with Gasteiger partial charge in [0.15, 0.2) is 6.61 Å². The van der Waals surface area contributed by atoms with Crippen LogP contribution in [0.15, 0.2) is 24.3 Å². The Kier molecular flexibility index (Phi) is 6.86.